The maximum Gasteiger partial charge on any atom is 0.320 e. The average molecular weight is 698 g/mol. The quantitative estimate of drug-likeness (QED) is 0.0907. The number of carbonyl (C=O) groups is 4. The van der Waals surface area contributed by atoms with Gasteiger partial charge in [-0.1, -0.05) is 13.0 Å². The highest BCUT2D eigenvalue weighted by Crippen LogP contribution is 2.12. The Hall–Kier alpha value is -2.58. The molecule has 0 spiro atoms. The number of nitrogens with one attached hydrogen (secondary N) is 1. The molecular formula is C36H67N5O8. The van der Waals surface area contributed by atoms with Crippen LogP contribution >= 0.6 is 0 Å². The highest BCUT2D eigenvalue weighted by molar-refractivity contribution is 5.76. The van der Waals surface area contributed by atoms with Gasteiger partial charge in [0.2, 0.25) is 5.91 Å². The van der Waals surface area contributed by atoms with E-state index in [0.717, 1.165) is 12.8 Å². The summed E-state index contributed by atoms with van der Waals surface area (Å²) in [6.07, 6.45) is 1.96. The third-order valence-electron chi connectivity index (χ3n) is 7.38. The summed E-state index contributed by atoms with van der Waals surface area (Å²) in [5.74, 6) is -1.06. The predicted molar refractivity (Wildman–Crippen MR) is 191 cm³/mol. The second-order valence-electron chi connectivity index (χ2n) is 16.0. The zero-order chi connectivity index (χ0) is 37.4. The van der Waals surface area contributed by atoms with Crippen molar-refractivity contribution in [2.24, 2.45) is 0 Å². The van der Waals surface area contributed by atoms with Crippen LogP contribution < -0.4 is 5.32 Å². The van der Waals surface area contributed by atoms with Crippen molar-refractivity contribution >= 4 is 23.8 Å². The van der Waals surface area contributed by atoms with Gasteiger partial charge in [0.1, 0.15) is 23.0 Å². The molecule has 1 aliphatic rings. The first kappa shape index (κ1) is 44.4. The van der Waals surface area contributed by atoms with E-state index in [1.807, 2.05) is 81.9 Å². The summed E-state index contributed by atoms with van der Waals surface area (Å²) in [6.45, 7) is 26.2. The highest BCUT2D eigenvalue weighted by atomic mass is 16.6. The van der Waals surface area contributed by atoms with Gasteiger partial charge in [0.05, 0.1) is 19.6 Å². The monoisotopic (exact) mass is 697 g/mol. The molecule has 1 rings (SSSR count). The molecule has 1 saturated heterocycles. The number of hydrogen-bond donors (Lipinski definition) is 2. The average Bonchev–Trinajstić information content (AvgIpc) is 2.91. The minimum absolute atomic E-state index is 0.00739. The number of amides is 1. The third-order valence-corrected chi connectivity index (χ3v) is 7.38. The SMILES string of the molecule is C=C(C)C(O)NCCCCCC(=O)N1CCN(CC(=O)OC(C)(C)C)CCN(CC(=O)OC(C)(C)C)CCN(CC(=O)OC(C)(C)C)CC1. The van der Waals surface area contributed by atoms with E-state index < -0.39 is 23.0 Å². The normalized spacial score (nSPS) is 17.4. The molecule has 0 aromatic rings. The fourth-order valence-electron chi connectivity index (χ4n) is 5.08. The number of carbonyl (C=O) groups excluding carboxylic acids is 4. The molecule has 0 radical (unpaired) electrons. The van der Waals surface area contributed by atoms with Gasteiger partial charge < -0.3 is 24.2 Å². The molecule has 1 unspecified atom stereocenters. The minimum atomic E-state index is -0.736. The molecule has 1 aliphatic heterocycles. The molecule has 2 N–H and O–H groups in total. The van der Waals surface area contributed by atoms with Gasteiger partial charge in [-0.15, -0.1) is 0 Å². The Morgan fingerprint density at radius 2 is 0.980 bits per heavy atom. The molecule has 0 saturated carbocycles. The fourth-order valence-corrected chi connectivity index (χ4v) is 5.08. The lowest BCUT2D eigenvalue weighted by atomic mass is 10.1. The first-order valence-corrected chi connectivity index (χ1v) is 17.7. The van der Waals surface area contributed by atoms with Crippen LogP contribution in [0, 0.1) is 0 Å². The van der Waals surface area contributed by atoms with Crippen LogP contribution in [0.2, 0.25) is 0 Å². The standard InChI is InChI=1S/C36H67N5O8/c1-28(2)33(46)37-16-14-12-13-15-29(42)41-23-21-39(26-31(44)48-35(6,7)8)19-17-38(25-30(43)47-34(3,4)5)18-20-40(22-24-41)27-32(45)49-36(9,10)11/h33,37,46H,1,12-27H2,2-11H3. The summed E-state index contributed by atoms with van der Waals surface area (Å²) in [5.41, 5.74) is -1.24. The number of ether oxygens (including phenoxy) is 3. The second-order valence-corrected chi connectivity index (χ2v) is 16.0. The van der Waals surface area contributed by atoms with Crippen molar-refractivity contribution in [2.45, 2.75) is 118 Å². The molecule has 0 aliphatic carbocycles. The van der Waals surface area contributed by atoms with Crippen molar-refractivity contribution in [3.05, 3.63) is 12.2 Å². The molecule has 1 atom stereocenters. The fraction of sp³-hybridized carbons (Fsp3) is 0.833. The lowest BCUT2D eigenvalue weighted by Crippen LogP contribution is -2.50. The van der Waals surface area contributed by atoms with E-state index in [1.54, 1.807) is 6.92 Å². The van der Waals surface area contributed by atoms with Crippen LogP contribution in [0.1, 0.15) is 94.9 Å². The molecule has 49 heavy (non-hydrogen) atoms. The van der Waals surface area contributed by atoms with Crippen LogP contribution in [-0.4, -0.2) is 150 Å². The van der Waals surface area contributed by atoms with Gasteiger partial charge in [-0.3, -0.25) is 39.2 Å². The van der Waals surface area contributed by atoms with Crippen molar-refractivity contribution in [1.82, 2.24) is 24.9 Å². The second kappa shape index (κ2) is 20.9. The maximum absolute atomic E-state index is 13.5. The van der Waals surface area contributed by atoms with E-state index in [2.05, 4.69) is 11.9 Å². The summed E-state index contributed by atoms with van der Waals surface area (Å²) in [5, 5.41) is 12.9. The van der Waals surface area contributed by atoms with Crippen LogP contribution in [0.25, 0.3) is 0 Å². The van der Waals surface area contributed by atoms with Crippen molar-refractivity contribution < 1.29 is 38.5 Å². The van der Waals surface area contributed by atoms with Crippen molar-refractivity contribution in [3.63, 3.8) is 0 Å². The van der Waals surface area contributed by atoms with E-state index >= 15 is 0 Å². The number of aliphatic hydroxyl groups is 1. The molecule has 1 amide bonds. The van der Waals surface area contributed by atoms with Gasteiger partial charge >= 0.3 is 17.9 Å². The molecule has 13 nitrogen and oxygen atoms in total. The van der Waals surface area contributed by atoms with Crippen molar-refractivity contribution in [3.8, 4) is 0 Å². The summed E-state index contributed by atoms with van der Waals surface area (Å²) in [7, 11) is 0. The number of nitrogens with zero attached hydrogens (tertiary/aromatic N) is 4. The zero-order valence-electron chi connectivity index (χ0n) is 32.2. The van der Waals surface area contributed by atoms with Crippen LogP contribution in [0.5, 0.6) is 0 Å². The number of hydrogen-bond acceptors (Lipinski definition) is 12. The van der Waals surface area contributed by atoms with Crippen LogP contribution in [0.4, 0.5) is 0 Å². The first-order valence-electron chi connectivity index (χ1n) is 17.7. The summed E-state index contributed by atoms with van der Waals surface area (Å²) in [6, 6.07) is 0. The van der Waals surface area contributed by atoms with E-state index in [4.69, 9.17) is 14.2 Å². The van der Waals surface area contributed by atoms with Gasteiger partial charge in [0, 0.05) is 58.8 Å². The van der Waals surface area contributed by atoms with Crippen LogP contribution in [0.3, 0.4) is 0 Å². The number of unbranched alkanes of at least 4 members (excludes halogenated alkanes) is 2. The predicted octanol–water partition coefficient (Wildman–Crippen LogP) is 2.80. The van der Waals surface area contributed by atoms with E-state index in [9.17, 15) is 24.3 Å². The summed E-state index contributed by atoms with van der Waals surface area (Å²) < 4.78 is 16.8. The summed E-state index contributed by atoms with van der Waals surface area (Å²) in [4.78, 5) is 59.9. The van der Waals surface area contributed by atoms with Gasteiger partial charge in [-0.25, -0.2) is 0 Å². The Bertz CT molecular complexity index is 1020. The molecule has 0 aromatic heterocycles. The number of esters is 3. The van der Waals surface area contributed by atoms with Crippen LogP contribution in [-0.2, 0) is 33.4 Å². The Balaban J connectivity index is 3.14. The summed E-state index contributed by atoms with van der Waals surface area (Å²) >= 11 is 0. The number of rotatable bonds is 14. The van der Waals surface area contributed by atoms with Gasteiger partial charge in [0.15, 0.2) is 0 Å². The van der Waals surface area contributed by atoms with E-state index in [0.29, 0.717) is 77.3 Å². The molecular weight excluding hydrogens is 630 g/mol. The zero-order valence-corrected chi connectivity index (χ0v) is 32.2. The lowest BCUT2D eigenvalue weighted by molar-refractivity contribution is -0.158. The molecule has 0 aromatic carbocycles. The van der Waals surface area contributed by atoms with Crippen molar-refractivity contribution in [1.29, 1.82) is 0 Å². The van der Waals surface area contributed by atoms with Gasteiger partial charge in [0.25, 0.3) is 0 Å². The van der Waals surface area contributed by atoms with Gasteiger partial charge in [-0.2, -0.15) is 0 Å². The Morgan fingerprint density at radius 1 is 0.633 bits per heavy atom. The van der Waals surface area contributed by atoms with Gasteiger partial charge in [-0.05, 0) is 94.2 Å². The first-order chi connectivity index (χ1) is 22.5. The third kappa shape index (κ3) is 22.7. The molecule has 1 fully saturated rings. The largest absolute Gasteiger partial charge is 0.459 e. The maximum atomic E-state index is 13.5. The van der Waals surface area contributed by atoms with E-state index in [-0.39, 0.29) is 43.4 Å². The Morgan fingerprint density at radius 3 is 1.31 bits per heavy atom. The molecule has 284 valence electrons. The topological polar surface area (TPSA) is 141 Å². The highest BCUT2D eigenvalue weighted by Gasteiger charge is 2.26. The lowest BCUT2D eigenvalue weighted by Gasteiger charge is -2.34. The molecule has 13 heteroatoms. The number of aliphatic hydroxyl groups excluding tert-OH is 1. The van der Waals surface area contributed by atoms with E-state index in [1.165, 1.54) is 0 Å². The molecule has 1 heterocycles. The Labute approximate surface area is 295 Å². The van der Waals surface area contributed by atoms with Crippen molar-refractivity contribution in [2.75, 3.05) is 78.5 Å². The Kier molecular flexibility index (Phi) is 19.0. The smallest absolute Gasteiger partial charge is 0.320 e. The minimum Gasteiger partial charge on any atom is -0.459 e. The molecule has 0 bridgehead atoms. The van der Waals surface area contributed by atoms with Crippen LogP contribution in [0.15, 0.2) is 12.2 Å².